The van der Waals surface area contributed by atoms with Crippen LogP contribution in [0.15, 0.2) is 58.5 Å². The highest BCUT2D eigenvalue weighted by Crippen LogP contribution is 2.23. The van der Waals surface area contributed by atoms with Crippen LogP contribution in [0.3, 0.4) is 0 Å². The number of nitrogens with two attached hydrogens (primary N) is 1. The summed E-state index contributed by atoms with van der Waals surface area (Å²) in [6, 6.07) is 16.1. The molecular weight excluding hydrogens is 478 g/mol. The van der Waals surface area contributed by atoms with Gasteiger partial charge >= 0.3 is 5.97 Å². The zero-order valence-electron chi connectivity index (χ0n) is 24.2. The molecule has 0 bridgehead atoms. The van der Waals surface area contributed by atoms with E-state index < -0.39 is 17.2 Å². The van der Waals surface area contributed by atoms with Gasteiger partial charge in [0, 0.05) is 19.4 Å². The van der Waals surface area contributed by atoms with Gasteiger partial charge in [0.05, 0.1) is 13.2 Å². The number of rotatable bonds is 13. The summed E-state index contributed by atoms with van der Waals surface area (Å²) in [6.07, 6.45) is 3.03. The Morgan fingerprint density at radius 3 is 2.18 bits per heavy atom. The summed E-state index contributed by atoms with van der Waals surface area (Å²) in [5.41, 5.74) is 8.13. The molecule has 208 valence electrons. The Hall–Kier alpha value is -3.19. The molecule has 38 heavy (non-hydrogen) atoms. The fourth-order valence-electron chi connectivity index (χ4n) is 3.59. The number of aliphatic imine (C=N–C) groups is 2. The molecule has 7 heteroatoms. The maximum absolute atomic E-state index is 12.5. The van der Waals surface area contributed by atoms with Crippen LogP contribution in [0.5, 0.6) is 5.75 Å². The van der Waals surface area contributed by atoms with E-state index in [4.69, 9.17) is 19.9 Å². The van der Waals surface area contributed by atoms with Crippen LogP contribution in [0.4, 0.5) is 0 Å². The molecular formula is C31H45N3O4. The number of carbonyl (C=O) groups excluding carboxylic acids is 1. The maximum atomic E-state index is 12.5. The fourth-order valence-corrected chi connectivity index (χ4v) is 3.59. The largest absolute Gasteiger partial charge is 0.476 e. The predicted molar refractivity (Wildman–Crippen MR) is 155 cm³/mol. The minimum atomic E-state index is -1.09. The van der Waals surface area contributed by atoms with Crippen molar-refractivity contribution in [1.82, 2.24) is 0 Å². The normalized spacial score (nSPS) is 12.9. The fraction of sp³-hybridized carbons (Fsp3) is 0.516. The maximum Gasteiger partial charge on any atom is 0.350 e. The standard InChI is InChI=1S/C31H45N3O4/c1-8-36-21-20-33-28(34-27(32)22-25-14-12-23(2)13-15-25)11-9-10-24-16-18-26(19-17-24)37-31(6,7)29(35)38-30(3,4)5/h12-19H,8-11,20-22H2,1-7H3,(H2,32,33,34). The summed E-state index contributed by atoms with van der Waals surface area (Å²) >= 11 is 0. The van der Waals surface area contributed by atoms with Crippen LogP contribution >= 0.6 is 0 Å². The lowest BCUT2D eigenvalue weighted by Crippen LogP contribution is -2.43. The van der Waals surface area contributed by atoms with Gasteiger partial charge in [0.2, 0.25) is 0 Å². The molecule has 0 radical (unpaired) electrons. The molecule has 0 aliphatic heterocycles. The predicted octanol–water partition coefficient (Wildman–Crippen LogP) is 5.85. The Bertz CT molecular complexity index is 1070. The van der Waals surface area contributed by atoms with E-state index in [1.165, 1.54) is 5.56 Å². The summed E-state index contributed by atoms with van der Waals surface area (Å²) in [6.45, 7) is 14.8. The SMILES string of the molecule is CCOCCN=C(CCCc1ccc(OC(C)(C)C(=O)OC(C)(C)C)cc1)N=C(N)Cc1ccc(C)cc1. The summed E-state index contributed by atoms with van der Waals surface area (Å²) < 4.78 is 16.8. The molecule has 0 fully saturated rings. The summed E-state index contributed by atoms with van der Waals surface area (Å²) in [4.78, 5) is 21.8. The molecule has 0 spiro atoms. The Kier molecular flexibility index (Phi) is 12.0. The van der Waals surface area contributed by atoms with Gasteiger partial charge in [0.15, 0.2) is 5.60 Å². The van der Waals surface area contributed by atoms with E-state index in [1.54, 1.807) is 13.8 Å². The Balaban J connectivity index is 1.96. The lowest BCUT2D eigenvalue weighted by Gasteiger charge is -2.29. The third-order valence-corrected chi connectivity index (χ3v) is 5.57. The number of hydrogen-bond donors (Lipinski definition) is 1. The van der Waals surface area contributed by atoms with Crippen molar-refractivity contribution in [3.63, 3.8) is 0 Å². The number of amidine groups is 2. The number of benzene rings is 2. The minimum absolute atomic E-state index is 0.396. The van der Waals surface area contributed by atoms with Crippen LogP contribution in [0.25, 0.3) is 0 Å². The molecule has 2 aromatic rings. The molecule has 0 amide bonds. The summed E-state index contributed by atoms with van der Waals surface area (Å²) in [5.74, 6) is 1.52. The second-order valence-electron chi connectivity index (χ2n) is 10.9. The molecule has 0 saturated carbocycles. The molecule has 2 aromatic carbocycles. The van der Waals surface area contributed by atoms with Crippen molar-refractivity contribution < 1.29 is 19.0 Å². The van der Waals surface area contributed by atoms with E-state index in [2.05, 4.69) is 41.2 Å². The van der Waals surface area contributed by atoms with E-state index in [-0.39, 0.29) is 0 Å². The van der Waals surface area contributed by atoms with E-state index in [1.807, 2.05) is 52.0 Å². The van der Waals surface area contributed by atoms with E-state index in [0.717, 1.165) is 29.8 Å². The van der Waals surface area contributed by atoms with Gasteiger partial charge in [-0.3, -0.25) is 4.99 Å². The second-order valence-corrected chi connectivity index (χ2v) is 10.9. The summed E-state index contributed by atoms with van der Waals surface area (Å²) in [5, 5.41) is 0. The van der Waals surface area contributed by atoms with Gasteiger partial charge in [-0.15, -0.1) is 0 Å². The highest BCUT2D eigenvalue weighted by molar-refractivity contribution is 5.97. The third-order valence-electron chi connectivity index (χ3n) is 5.57. The quantitative estimate of drug-likeness (QED) is 0.154. The number of esters is 1. The van der Waals surface area contributed by atoms with Gasteiger partial charge in [-0.2, -0.15) is 0 Å². The first kappa shape index (κ1) is 31.0. The van der Waals surface area contributed by atoms with Crippen LogP contribution < -0.4 is 10.5 Å². The average Bonchev–Trinajstić information content (AvgIpc) is 2.83. The second kappa shape index (κ2) is 14.7. The van der Waals surface area contributed by atoms with Crippen molar-refractivity contribution >= 4 is 17.6 Å². The molecule has 0 atom stereocenters. The summed E-state index contributed by atoms with van der Waals surface area (Å²) in [7, 11) is 0. The zero-order chi connectivity index (χ0) is 28.2. The molecule has 0 aromatic heterocycles. The van der Waals surface area contributed by atoms with Crippen LogP contribution in [0.2, 0.25) is 0 Å². The third kappa shape index (κ3) is 11.9. The number of ether oxygens (including phenoxy) is 3. The van der Waals surface area contributed by atoms with E-state index in [9.17, 15) is 4.79 Å². The lowest BCUT2D eigenvalue weighted by molar-refractivity contribution is -0.170. The molecule has 2 N–H and O–H groups in total. The number of nitrogens with zero attached hydrogens (tertiary/aromatic N) is 2. The van der Waals surface area contributed by atoms with Gasteiger partial charge < -0.3 is 19.9 Å². The number of carbonyl (C=O) groups is 1. The molecule has 0 aliphatic rings. The first-order chi connectivity index (χ1) is 17.9. The molecule has 0 saturated heterocycles. The van der Waals surface area contributed by atoms with Crippen molar-refractivity contribution in [2.45, 2.75) is 85.4 Å². The monoisotopic (exact) mass is 523 g/mol. The van der Waals surface area contributed by atoms with Gasteiger partial charge in [-0.25, -0.2) is 9.79 Å². The van der Waals surface area contributed by atoms with Crippen LogP contribution in [-0.4, -0.2) is 48.6 Å². The number of hydrogen-bond acceptors (Lipinski definition) is 5. The average molecular weight is 524 g/mol. The molecule has 0 heterocycles. The zero-order valence-corrected chi connectivity index (χ0v) is 24.2. The van der Waals surface area contributed by atoms with Crippen molar-refractivity contribution in [2.75, 3.05) is 19.8 Å². The van der Waals surface area contributed by atoms with Crippen molar-refractivity contribution in [1.29, 1.82) is 0 Å². The Morgan fingerprint density at radius 1 is 0.947 bits per heavy atom. The van der Waals surface area contributed by atoms with Crippen molar-refractivity contribution in [3.8, 4) is 5.75 Å². The van der Waals surface area contributed by atoms with Gasteiger partial charge in [-0.1, -0.05) is 42.0 Å². The van der Waals surface area contributed by atoms with Crippen LogP contribution in [0, 0.1) is 6.92 Å². The Labute approximate surface area is 228 Å². The smallest absolute Gasteiger partial charge is 0.350 e. The van der Waals surface area contributed by atoms with Crippen LogP contribution in [0.1, 0.15) is 71.1 Å². The van der Waals surface area contributed by atoms with Crippen molar-refractivity contribution in [2.24, 2.45) is 15.7 Å². The highest BCUT2D eigenvalue weighted by atomic mass is 16.6. The highest BCUT2D eigenvalue weighted by Gasteiger charge is 2.34. The topological polar surface area (TPSA) is 95.5 Å². The first-order valence-electron chi connectivity index (χ1n) is 13.4. The van der Waals surface area contributed by atoms with Gasteiger partial charge in [-0.05, 0) is 84.6 Å². The van der Waals surface area contributed by atoms with E-state index in [0.29, 0.717) is 44.2 Å². The first-order valence-corrected chi connectivity index (χ1v) is 13.4. The minimum Gasteiger partial charge on any atom is -0.476 e. The van der Waals surface area contributed by atoms with Gasteiger partial charge in [0.25, 0.3) is 0 Å². The lowest BCUT2D eigenvalue weighted by atomic mass is 10.1. The molecule has 0 aliphatic carbocycles. The number of aryl methyl sites for hydroxylation is 2. The Morgan fingerprint density at radius 2 is 1.58 bits per heavy atom. The molecule has 2 rings (SSSR count). The molecule has 0 unspecified atom stereocenters. The van der Waals surface area contributed by atoms with E-state index >= 15 is 0 Å². The van der Waals surface area contributed by atoms with Crippen LogP contribution in [-0.2, 0) is 27.1 Å². The molecule has 7 nitrogen and oxygen atoms in total. The van der Waals surface area contributed by atoms with Gasteiger partial charge in [0.1, 0.15) is 23.0 Å². The van der Waals surface area contributed by atoms with Crippen molar-refractivity contribution in [3.05, 3.63) is 65.2 Å².